The van der Waals surface area contributed by atoms with Gasteiger partial charge in [-0.25, -0.2) is 0 Å². The number of carbonyl (C=O) groups is 2. The van der Waals surface area contributed by atoms with Crippen molar-refractivity contribution in [3.05, 3.63) is 0 Å². The Morgan fingerprint density at radius 3 is 1.43 bits per heavy atom. The second-order valence-electron chi connectivity index (χ2n) is 8.68. The van der Waals surface area contributed by atoms with Crippen molar-refractivity contribution in [3.63, 3.8) is 0 Å². The van der Waals surface area contributed by atoms with Crippen LogP contribution in [0, 0.1) is 0 Å². The Morgan fingerprint density at radius 1 is 0.733 bits per heavy atom. The van der Waals surface area contributed by atoms with Crippen molar-refractivity contribution in [1.29, 1.82) is 0 Å². The van der Waals surface area contributed by atoms with Gasteiger partial charge in [0.15, 0.2) is 0 Å². The summed E-state index contributed by atoms with van der Waals surface area (Å²) >= 11 is 0. The van der Waals surface area contributed by atoms with Crippen LogP contribution in [0.1, 0.15) is 129 Å². The van der Waals surface area contributed by atoms with Crippen LogP contribution in [0.2, 0.25) is 0 Å². The highest BCUT2D eigenvalue weighted by molar-refractivity contribution is 5.77. The van der Waals surface area contributed by atoms with Gasteiger partial charge in [-0.2, -0.15) is 5.06 Å². The van der Waals surface area contributed by atoms with E-state index in [0.717, 1.165) is 24.3 Å². The van der Waals surface area contributed by atoms with Crippen LogP contribution in [-0.2, 0) is 9.59 Å². The number of primary amides is 1. The molecule has 178 valence electrons. The molecule has 0 rings (SSSR count). The number of carboxylic acids is 1. The van der Waals surface area contributed by atoms with Gasteiger partial charge in [-0.15, -0.1) is 0 Å². The molecule has 30 heavy (non-hydrogen) atoms. The lowest BCUT2D eigenvalue weighted by molar-refractivity contribution is -0.171. The van der Waals surface area contributed by atoms with Crippen LogP contribution in [0.5, 0.6) is 0 Å². The molecule has 0 aliphatic carbocycles. The van der Waals surface area contributed by atoms with Gasteiger partial charge in [-0.1, -0.05) is 110 Å². The monoisotopic (exact) mass is 428 g/mol. The first kappa shape index (κ1) is 28.9. The Bertz CT molecular complexity index is 418. The Morgan fingerprint density at radius 2 is 1.10 bits per heavy atom. The van der Waals surface area contributed by atoms with E-state index < -0.39 is 17.9 Å². The molecule has 0 aromatic heterocycles. The quantitative estimate of drug-likeness (QED) is 0.136. The van der Waals surface area contributed by atoms with E-state index in [4.69, 9.17) is 10.8 Å². The molecule has 0 aromatic carbocycles. The summed E-state index contributed by atoms with van der Waals surface area (Å²) in [7, 11) is 0. The van der Waals surface area contributed by atoms with E-state index in [2.05, 4.69) is 6.92 Å². The number of hydrogen-bond donors (Lipinski definition) is 3. The van der Waals surface area contributed by atoms with Crippen LogP contribution in [-0.4, -0.2) is 39.8 Å². The molecule has 6 nitrogen and oxygen atoms in total. The number of rotatable bonds is 23. The number of carboxylic acid groups (broad SMARTS) is 1. The van der Waals surface area contributed by atoms with Crippen LogP contribution < -0.4 is 5.73 Å². The maximum Gasteiger partial charge on any atom is 0.323 e. The lowest BCUT2D eigenvalue weighted by Gasteiger charge is -2.22. The summed E-state index contributed by atoms with van der Waals surface area (Å²) < 4.78 is 0. The van der Waals surface area contributed by atoms with Gasteiger partial charge >= 0.3 is 5.97 Å². The Hall–Kier alpha value is -1.14. The van der Waals surface area contributed by atoms with Crippen LogP contribution in [0.4, 0.5) is 0 Å². The highest BCUT2D eigenvalue weighted by Crippen LogP contribution is 2.14. The molecule has 0 radical (unpaired) electrons. The van der Waals surface area contributed by atoms with Crippen molar-refractivity contribution in [2.45, 2.75) is 135 Å². The lowest BCUT2D eigenvalue weighted by Crippen LogP contribution is -2.40. The number of hydrogen-bond acceptors (Lipinski definition) is 4. The minimum absolute atomic E-state index is 0.0346. The summed E-state index contributed by atoms with van der Waals surface area (Å²) in [6.45, 7) is 2.58. The minimum Gasteiger partial charge on any atom is -0.480 e. The largest absolute Gasteiger partial charge is 0.480 e. The molecule has 0 aliphatic rings. The molecule has 1 atom stereocenters. The summed E-state index contributed by atoms with van der Waals surface area (Å²) in [4.78, 5) is 22.0. The number of nitrogens with zero attached hydrogens (tertiary/aromatic N) is 1. The van der Waals surface area contributed by atoms with E-state index in [1.165, 1.54) is 89.9 Å². The first-order chi connectivity index (χ1) is 14.5. The van der Waals surface area contributed by atoms with Crippen molar-refractivity contribution < 1.29 is 19.9 Å². The normalized spacial score (nSPS) is 12.4. The molecule has 0 saturated carbocycles. The van der Waals surface area contributed by atoms with Gasteiger partial charge in [-0.05, 0) is 12.8 Å². The van der Waals surface area contributed by atoms with Crippen LogP contribution >= 0.6 is 0 Å². The Labute approximate surface area is 184 Å². The van der Waals surface area contributed by atoms with Crippen molar-refractivity contribution in [2.24, 2.45) is 5.73 Å². The summed E-state index contributed by atoms with van der Waals surface area (Å²) in [5.74, 6) is -1.67. The minimum atomic E-state index is -1.12. The van der Waals surface area contributed by atoms with Crippen LogP contribution in [0.25, 0.3) is 0 Å². The fourth-order valence-electron chi connectivity index (χ4n) is 3.83. The third-order valence-corrected chi connectivity index (χ3v) is 5.80. The molecule has 0 spiro atoms. The standard InChI is InChI=1S/C24H48N2O4/c1-2-3-4-5-6-7-8-9-10-11-12-13-14-15-16-17-18-21-26(30)22(24(28)29)19-20-23(25)27/h22,30H,2-21H2,1H3,(H2,25,27)(H,28,29). The zero-order valence-corrected chi connectivity index (χ0v) is 19.5. The number of unbranched alkanes of at least 4 members (excludes halogenated alkanes) is 16. The second kappa shape index (κ2) is 21.1. The smallest absolute Gasteiger partial charge is 0.323 e. The van der Waals surface area contributed by atoms with Crippen molar-refractivity contribution in [1.82, 2.24) is 5.06 Å². The molecule has 0 fully saturated rings. The fourth-order valence-corrected chi connectivity index (χ4v) is 3.83. The molecule has 0 aromatic rings. The highest BCUT2D eigenvalue weighted by Gasteiger charge is 2.24. The molecule has 0 aliphatic heterocycles. The van der Waals surface area contributed by atoms with Gasteiger partial charge in [0.05, 0.1) is 0 Å². The molecule has 4 N–H and O–H groups in total. The average molecular weight is 429 g/mol. The molecule has 1 unspecified atom stereocenters. The summed E-state index contributed by atoms with van der Waals surface area (Å²) in [6, 6.07) is -1.06. The second-order valence-corrected chi connectivity index (χ2v) is 8.68. The van der Waals surface area contributed by atoms with Crippen LogP contribution in [0.3, 0.4) is 0 Å². The maximum atomic E-state index is 11.2. The number of aliphatic carboxylic acids is 1. The molecule has 1 amide bonds. The first-order valence-corrected chi connectivity index (χ1v) is 12.5. The SMILES string of the molecule is CCCCCCCCCCCCCCCCCCCN(O)C(CCC(N)=O)C(=O)O. The number of nitrogens with two attached hydrogens (primary N) is 1. The zero-order valence-electron chi connectivity index (χ0n) is 19.5. The summed E-state index contributed by atoms with van der Waals surface area (Å²) in [6.07, 6.45) is 21.9. The summed E-state index contributed by atoms with van der Waals surface area (Å²) in [5.41, 5.74) is 5.05. The van der Waals surface area contributed by atoms with E-state index in [0.29, 0.717) is 6.54 Å². The molecule has 0 heterocycles. The maximum absolute atomic E-state index is 11.2. The molecular weight excluding hydrogens is 380 g/mol. The van der Waals surface area contributed by atoms with E-state index in [1.54, 1.807) is 0 Å². The van der Waals surface area contributed by atoms with Crippen molar-refractivity contribution in [3.8, 4) is 0 Å². The van der Waals surface area contributed by atoms with Crippen molar-refractivity contribution >= 4 is 11.9 Å². The lowest BCUT2D eigenvalue weighted by atomic mass is 10.0. The number of carbonyl (C=O) groups excluding carboxylic acids is 1. The molecule has 0 saturated heterocycles. The van der Waals surface area contributed by atoms with E-state index in [-0.39, 0.29) is 12.8 Å². The Kier molecular flexibility index (Phi) is 20.3. The Balaban J connectivity index is 3.41. The third-order valence-electron chi connectivity index (χ3n) is 5.80. The third kappa shape index (κ3) is 18.9. The van der Waals surface area contributed by atoms with Crippen LogP contribution in [0.15, 0.2) is 0 Å². The van der Waals surface area contributed by atoms with Gasteiger partial charge in [0.25, 0.3) is 0 Å². The van der Waals surface area contributed by atoms with Gasteiger partial charge < -0.3 is 16.0 Å². The molecule has 0 bridgehead atoms. The van der Waals surface area contributed by atoms with E-state index in [1.807, 2.05) is 0 Å². The van der Waals surface area contributed by atoms with E-state index >= 15 is 0 Å². The number of hydroxylamine groups is 2. The van der Waals surface area contributed by atoms with Gasteiger partial charge in [0, 0.05) is 13.0 Å². The predicted octanol–water partition coefficient (Wildman–Crippen LogP) is 6.05. The van der Waals surface area contributed by atoms with Gasteiger partial charge in [0.1, 0.15) is 6.04 Å². The average Bonchev–Trinajstić information content (AvgIpc) is 2.70. The van der Waals surface area contributed by atoms with Crippen molar-refractivity contribution in [2.75, 3.05) is 6.54 Å². The highest BCUT2D eigenvalue weighted by atomic mass is 16.5. The first-order valence-electron chi connectivity index (χ1n) is 12.5. The zero-order chi connectivity index (χ0) is 22.5. The molecule has 6 heteroatoms. The summed E-state index contributed by atoms with van der Waals surface area (Å²) in [5, 5.41) is 19.9. The van der Waals surface area contributed by atoms with Gasteiger partial charge in [-0.3, -0.25) is 9.59 Å². The fraction of sp³-hybridized carbons (Fsp3) is 0.917. The number of amides is 1. The molecular formula is C24H48N2O4. The van der Waals surface area contributed by atoms with E-state index in [9.17, 15) is 14.8 Å². The topological polar surface area (TPSA) is 104 Å². The predicted molar refractivity (Wildman–Crippen MR) is 123 cm³/mol. The van der Waals surface area contributed by atoms with Gasteiger partial charge in [0.2, 0.25) is 5.91 Å².